The van der Waals surface area contributed by atoms with Crippen molar-refractivity contribution < 1.29 is 4.79 Å². The third kappa shape index (κ3) is 4.84. The summed E-state index contributed by atoms with van der Waals surface area (Å²) in [6.45, 7) is 8.45. The first-order chi connectivity index (χ1) is 14.4. The van der Waals surface area contributed by atoms with Gasteiger partial charge in [-0.15, -0.1) is 0 Å². The molecule has 1 N–H and O–H groups in total. The van der Waals surface area contributed by atoms with Gasteiger partial charge in [0.2, 0.25) is 0 Å². The third-order valence-electron chi connectivity index (χ3n) is 5.19. The zero-order valence-electron chi connectivity index (χ0n) is 17.8. The van der Waals surface area contributed by atoms with Crippen molar-refractivity contribution in [3.63, 3.8) is 0 Å². The average molecular weight is 399 g/mol. The lowest BCUT2D eigenvalue weighted by Crippen LogP contribution is -2.27. The van der Waals surface area contributed by atoms with E-state index in [0.717, 1.165) is 28.1 Å². The zero-order chi connectivity index (χ0) is 21.7. The maximum Gasteiger partial charge on any atom is 0.262 e. The van der Waals surface area contributed by atoms with Crippen LogP contribution in [0.2, 0.25) is 0 Å². The molecule has 1 unspecified atom stereocenters. The number of nitriles is 1. The predicted octanol–water partition coefficient (Wildman–Crippen LogP) is 4.64. The smallest absolute Gasteiger partial charge is 0.262 e. The number of hydrogen-bond acceptors (Lipinski definition) is 3. The molecule has 1 heterocycles. The summed E-state index contributed by atoms with van der Waals surface area (Å²) in [4.78, 5) is 12.7. The van der Waals surface area contributed by atoms with Gasteiger partial charge in [-0.05, 0) is 44.9 Å². The van der Waals surface area contributed by atoms with E-state index in [9.17, 15) is 10.1 Å². The molecule has 3 rings (SSSR count). The highest BCUT2D eigenvalue weighted by Crippen LogP contribution is 2.19. The molecule has 0 spiro atoms. The molecule has 0 saturated carbocycles. The number of aryl methyl sites for hydroxylation is 2. The van der Waals surface area contributed by atoms with Crippen LogP contribution in [0.3, 0.4) is 0 Å². The van der Waals surface area contributed by atoms with Crippen LogP contribution < -0.4 is 5.32 Å². The van der Waals surface area contributed by atoms with E-state index in [1.54, 1.807) is 6.08 Å². The topological polar surface area (TPSA) is 70.7 Å². The molecule has 2 aromatic carbocycles. The standard InChI is InChI=1S/C25H26N4O/c1-17-10-12-21(13-11-17)16-29-20(4)24(19(3)28-29)14-23(15-26)25(30)27-18(2)22-8-6-5-7-9-22/h5-14,18H,16H2,1-4H3,(H,27,30)/b23-14+. The van der Waals surface area contributed by atoms with Crippen LogP contribution in [0.1, 0.15) is 46.6 Å². The molecule has 1 amide bonds. The highest BCUT2D eigenvalue weighted by atomic mass is 16.1. The first-order valence-corrected chi connectivity index (χ1v) is 9.96. The Morgan fingerprint density at radius 2 is 1.80 bits per heavy atom. The van der Waals surface area contributed by atoms with E-state index in [1.165, 1.54) is 5.56 Å². The molecule has 0 fully saturated rings. The Kier molecular flexibility index (Phi) is 6.48. The van der Waals surface area contributed by atoms with E-state index < -0.39 is 0 Å². The molecular formula is C25H26N4O. The van der Waals surface area contributed by atoms with Crippen molar-refractivity contribution in [2.75, 3.05) is 0 Å². The van der Waals surface area contributed by atoms with Crippen LogP contribution in [-0.2, 0) is 11.3 Å². The molecule has 5 heteroatoms. The van der Waals surface area contributed by atoms with Gasteiger partial charge in [0.15, 0.2) is 0 Å². The van der Waals surface area contributed by atoms with Crippen LogP contribution in [0.5, 0.6) is 0 Å². The number of amides is 1. The monoisotopic (exact) mass is 398 g/mol. The van der Waals surface area contributed by atoms with Gasteiger partial charge in [-0.25, -0.2) is 0 Å². The summed E-state index contributed by atoms with van der Waals surface area (Å²) < 4.78 is 1.91. The molecule has 30 heavy (non-hydrogen) atoms. The third-order valence-corrected chi connectivity index (χ3v) is 5.19. The molecule has 1 atom stereocenters. The quantitative estimate of drug-likeness (QED) is 0.486. The number of aromatic nitrogens is 2. The fourth-order valence-corrected chi connectivity index (χ4v) is 3.33. The lowest BCUT2D eigenvalue weighted by Gasteiger charge is -2.13. The highest BCUT2D eigenvalue weighted by molar-refractivity contribution is 6.02. The Morgan fingerprint density at radius 1 is 1.13 bits per heavy atom. The first kappa shape index (κ1) is 21.1. The molecule has 0 radical (unpaired) electrons. The zero-order valence-corrected chi connectivity index (χ0v) is 17.8. The lowest BCUT2D eigenvalue weighted by molar-refractivity contribution is -0.117. The van der Waals surface area contributed by atoms with Gasteiger partial charge in [0.25, 0.3) is 5.91 Å². The second kappa shape index (κ2) is 9.23. The molecule has 0 aliphatic rings. The molecule has 152 valence electrons. The van der Waals surface area contributed by atoms with E-state index in [4.69, 9.17) is 0 Å². The van der Waals surface area contributed by atoms with Gasteiger partial charge in [-0.2, -0.15) is 10.4 Å². The first-order valence-electron chi connectivity index (χ1n) is 9.96. The summed E-state index contributed by atoms with van der Waals surface area (Å²) in [6.07, 6.45) is 1.64. The van der Waals surface area contributed by atoms with Crippen molar-refractivity contribution in [2.45, 2.75) is 40.3 Å². The minimum absolute atomic E-state index is 0.0684. The van der Waals surface area contributed by atoms with Crippen LogP contribution >= 0.6 is 0 Å². The molecule has 3 aromatic rings. The van der Waals surface area contributed by atoms with E-state index in [2.05, 4.69) is 41.6 Å². The number of nitrogens with one attached hydrogen (secondary N) is 1. The van der Waals surface area contributed by atoms with Gasteiger partial charge >= 0.3 is 0 Å². The van der Waals surface area contributed by atoms with Crippen molar-refractivity contribution in [1.29, 1.82) is 5.26 Å². The van der Waals surface area contributed by atoms with Gasteiger partial charge in [-0.1, -0.05) is 60.2 Å². The van der Waals surface area contributed by atoms with Crippen molar-refractivity contribution >= 4 is 12.0 Å². The van der Waals surface area contributed by atoms with Crippen LogP contribution in [0.4, 0.5) is 0 Å². The fraction of sp³-hybridized carbons (Fsp3) is 0.240. The number of benzene rings is 2. The number of hydrogen-bond donors (Lipinski definition) is 1. The lowest BCUT2D eigenvalue weighted by atomic mass is 10.1. The van der Waals surface area contributed by atoms with E-state index in [0.29, 0.717) is 6.54 Å². The number of carbonyl (C=O) groups is 1. The molecule has 0 saturated heterocycles. The van der Waals surface area contributed by atoms with Gasteiger partial charge in [0.05, 0.1) is 18.3 Å². The van der Waals surface area contributed by atoms with Crippen molar-refractivity contribution in [1.82, 2.24) is 15.1 Å². The second-order valence-corrected chi connectivity index (χ2v) is 7.50. The number of nitrogens with zero attached hydrogens (tertiary/aromatic N) is 3. The fourth-order valence-electron chi connectivity index (χ4n) is 3.33. The summed E-state index contributed by atoms with van der Waals surface area (Å²) in [7, 11) is 0. The molecule has 5 nitrogen and oxygen atoms in total. The van der Waals surface area contributed by atoms with Gasteiger partial charge in [0.1, 0.15) is 11.6 Å². The second-order valence-electron chi connectivity index (χ2n) is 7.50. The Labute approximate surface area is 177 Å². The minimum Gasteiger partial charge on any atom is -0.345 e. The molecule has 0 bridgehead atoms. The van der Waals surface area contributed by atoms with E-state index >= 15 is 0 Å². The molecular weight excluding hydrogens is 372 g/mol. The van der Waals surface area contributed by atoms with Gasteiger partial charge in [-0.3, -0.25) is 9.48 Å². The van der Waals surface area contributed by atoms with Crippen LogP contribution in [0.15, 0.2) is 60.2 Å². The summed E-state index contributed by atoms with van der Waals surface area (Å²) in [6, 6.07) is 19.8. The van der Waals surface area contributed by atoms with Crippen molar-refractivity contribution in [3.8, 4) is 6.07 Å². The van der Waals surface area contributed by atoms with Crippen LogP contribution in [-0.4, -0.2) is 15.7 Å². The minimum atomic E-state index is -0.390. The normalized spacial score (nSPS) is 12.3. The van der Waals surface area contributed by atoms with Crippen LogP contribution in [0.25, 0.3) is 6.08 Å². The maximum atomic E-state index is 12.7. The van der Waals surface area contributed by atoms with Crippen LogP contribution in [0, 0.1) is 32.1 Å². The predicted molar refractivity (Wildman–Crippen MR) is 119 cm³/mol. The maximum absolute atomic E-state index is 12.7. The van der Waals surface area contributed by atoms with Gasteiger partial charge < -0.3 is 5.32 Å². The summed E-state index contributed by atoms with van der Waals surface area (Å²) in [5.41, 5.74) is 5.93. The Morgan fingerprint density at radius 3 is 2.43 bits per heavy atom. The van der Waals surface area contributed by atoms with E-state index in [1.807, 2.05) is 61.9 Å². The summed E-state index contributed by atoms with van der Waals surface area (Å²) >= 11 is 0. The number of rotatable bonds is 6. The molecule has 0 aliphatic carbocycles. The Bertz CT molecular complexity index is 1100. The Balaban J connectivity index is 1.81. The largest absolute Gasteiger partial charge is 0.345 e. The van der Waals surface area contributed by atoms with Gasteiger partial charge in [0, 0.05) is 11.3 Å². The number of carbonyl (C=O) groups excluding carboxylic acids is 1. The van der Waals surface area contributed by atoms with Crippen molar-refractivity contribution in [2.24, 2.45) is 0 Å². The Hall–Kier alpha value is -3.65. The summed E-state index contributed by atoms with van der Waals surface area (Å²) in [5.74, 6) is -0.390. The summed E-state index contributed by atoms with van der Waals surface area (Å²) in [5, 5.41) is 17.1. The van der Waals surface area contributed by atoms with Crippen molar-refractivity contribution in [3.05, 3.63) is 93.8 Å². The molecule has 0 aliphatic heterocycles. The highest BCUT2D eigenvalue weighted by Gasteiger charge is 2.17. The van der Waals surface area contributed by atoms with E-state index in [-0.39, 0.29) is 17.5 Å². The average Bonchev–Trinajstić information content (AvgIpc) is 3.01. The molecule has 1 aromatic heterocycles. The SMILES string of the molecule is Cc1ccc(Cn2nc(C)c(/C=C(\C#N)C(=O)NC(C)c3ccccc3)c2C)cc1.